The largest absolute Gasteiger partial charge is 0.290 e. The van der Waals surface area contributed by atoms with Crippen LogP contribution in [-0.4, -0.2) is 31.7 Å². The van der Waals surface area contributed by atoms with E-state index in [0.717, 1.165) is 12.8 Å². The molecule has 1 heterocycles. The van der Waals surface area contributed by atoms with Crippen LogP contribution in [0.3, 0.4) is 0 Å². The van der Waals surface area contributed by atoms with Gasteiger partial charge in [-0.05, 0) is 37.1 Å². The van der Waals surface area contributed by atoms with Gasteiger partial charge in [-0.15, -0.1) is 0 Å². The quantitative estimate of drug-likeness (QED) is 0.461. The van der Waals surface area contributed by atoms with Crippen molar-refractivity contribution in [2.75, 3.05) is 13.1 Å². The van der Waals surface area contributed by atoms with Crippen molar-refractivity contribution < 1.29 is 13.2 Å². The number of carbonyl (C=O) groups excluding carboxylic acids is 1. The Bertz CT molecular complexity index is 533. The molecular formula is C11H15N3O3S. The van der Waals surface area contributed by atoms with Crippen LogP contribution >= 0.6 is 0 Å². The Morgan fingerprint density at radius 2 is 1.72 bits per heavy atom. The molecule has 98 valence electrons. The minimum absolute atomic E-state index is 0.206. The molecule has 1 aromatic carbocycles. The van der Waals surface area contributed by atoms with Gasteiger partial charge in [-0.2, -0.15) is 4.31 Å². The fraction of sp³-hybridized carbons (Fsp3) is 0.364. The third kappa shape index (κ3) is 2.38. The standard InChI is InChI=1S/C11H15N3O3S/c12-13-11(15)9-3-5-10(6-4-9)18(16,17)14-7-1-2-8-14/h3-6H,1-2,7-8,12H2,(H,13,15). The molecule has 0 aliphatic carbocycles. The van der Waals surface area contributed by atoms with E-state index in [-0.39, 0.29) is 4.90 Å². The molecule has 0 atom stereocenters. The number of nitrogens with two attached hydrogens (primary N) is 1. The van der Waals surface area contributed by atoms with Crippen molar-refractivity contribution in [1.82, 2.24) is 9.73 Å². The van der Waals surface area contributed by atoms with E-state index >= 15 is 0 Å². The van der Waals surface area contributed by atoms with Gasteiger partial charge >= 0.3 is 0 Å². The lowest BCUT2D eigenvalue weighted by atomic mass is 10.2. The Labute approximate surface area is 106 Å². The maximum atomic E-state index is 12.2. The van der Waals surface area contributed by atoms with Gasteiger partial charge in [-0.25, -0.2) is 14.3 Å². The second kappa shape index (κ2) is 5.05. The number of rotatable bonds is 3. The maximum Gasteiger partial charge on any atom is 0.265 e. The van der Waals surface area contributed by atoms with Gasteiger partial charge in [-0.3, -0.25) is 10.2 Å². The third-order valence-electron chi connectivity index (χ3n) is 2.95. The zero-order chi connectivity index (χ0) is 13.2. The summed E-state index contributed by atoms with van der Waals surface area (Å²) in [5.74, 6) is 4.56. The van der Waals surface area contributed by atoms with Crippen molar-refractivity contribution in [3.05, 3.63) is 29.8 Å². The molecule has 0 aromatic heterocycles. The number of hydrogen-bond acceptors (Lipinski definition) is 4. The first-order valence-electron chi connectivity index (χ1n) is 5.67. The number of nitrogens with one attached hydrogen (secondary N) is 1. The first-order chi connectivity index (χ1) is 8.55. The summed E-state index contributed by atoms with van der Waals surface area (Å²) >= 11 is 0. The highest BCUT2D eigenvalue weighted by Crippen LogP contribution is 2.20. The minimum Gasteiger partial charge on any atom is -0.290 e. The van der Waals surface area contributed by atoms with Crippen LogP contribution in [-0.2, 0) is 10.0 Å². The number of hydrogen-bond donors (Lipinski definition) is 2. The van der Waals surface area contributed by atoms with Crippen LogP contribution in [0.4, 0.5) is 0 Å². The smallest absolute Gasteiger partial charge is 0.265 e. The number of hydrazine groups is 1. The summed E-state index contributed by atoms with van der Waals surface area (Å²) in [7, 11) is -3.42. The van der Waals surface area contributed by atoms with E-state index in [2.05, 4.69) is 0 Å². The third-order valence-corrected chi connectivity index (χ3v) is 4.86. The van der Waals surface area contributed by atoms with Gasteiger partial charge in [0.25, 0.3) is 5.91 Å². The van der Waals surface area contributed by atoms with Gasteiger partial charge in [0.1, 0.15) is 0 Å². The minimum atomic E-state index is -3.42. The van der Waals surface area contributed by atoms with Gasteiger partial charge in [0.05, 0.1) is 4.90 Å². The van der Waals surface area contributed by atoms with Crippen molar-refractivity contribution in [3.8, 4) is 0 Å². The van der Waals surface area contributed by atoms with Gasteiger partial charge in [0.15, 0.2) is 0 Å². The Kier molecular flexibility index (Phi) is 3.65. The Morgan fingerprint density at radius 3 is 2.22 bits per heavy atom. The summed E-state index contributed by atoms with van der Waals surface area (Å²) < 4.78 is 25.8. The molecule has 0 saturated carbocycles. The van der Waals surface area contributed by atoms with E-state index in [4.69, 9.17) is 5.84 Å². The number of sulfonamides is 1. The molecule has 3 N–H and O–H groups in total. The molecule has 1 aliphatic rings. The monoisotopic (exact) mass is 269 g/mol. The van der Waals surface area contributed by atoms with E-state index in [9.17, 15) is 13.2 Å². The second-order valence-corrected chi connectivity index (χ2v) is 6.05. The number of nitrogen functional groups attached to an aromatic ring is 1. The highest BCUT2D eigenvalue weighted by atomic mass is 32.2. The molecule has 0 bridgehead atoms. The molecule has 7 heteroatoms. The average molecular weight is 269 g/mol. The highest BCUT2D eigenvalue weighted by molar-refractivity contribution is 7.89. The summed E-state index contributed by atoms with van der Waals surface area (Å²) in [6.07, 6.45) is 1.79. The van der Waals surface area contributed by atoms with E-state index < -0.39 is 15.9 Å². The van der Waals surface area contributed by atoms with Crippen molar-refractivity contribution in [2.24, 2.45) is 5.84 Å². The van der Waals surface area contributed by atoms with Gasteiger partial charge < -0.3 is 0 Å². The van der Waals surface area contributed by atoms with Crippen LogP contribution < -0.4 is 11.3 Å². The molecule has 2 rings (SSSR count). The Morgan fingerprint density at radius 1 is 1.17 bits per heavy atom. The summed E-state index contributed by atoms with van der Waals surface area (Å²) in [5.41, 5.74) is 2.33. The Balaban J connectivity index is 2.26. The van der Waals surface area contributed by atoms with Crippen LogP contribution in [0.5, 0.6) is 0 Å². The fourth-order valence-electron chi connectivity index (χ4n) is 1.94. The van der Waals surface area contributed by atoms with Crippen LogP contribution in [0.1, 0.15) is 23.2 Å². The maximum absolute atomic E-state index is 12.2. The topological polar surface area (TPSA) is 92.5 Å². The normalized spacial score (nSPS) is 16.7. The molecular weight excluding hydrogens is 254 g/mol. The van der Waals surface area contributed by atoms with Gasteiger partial charge in [-0.1, -0.05) is 0 Å². The number of nitrogens with zero attached hydrogens (tertiary/aromatic N) is 1. The molecule has 6 nitrogen and oxygen atoms in total. The summed E-state index contributed by atoms with van der Waals surface area (Å²) in [6.45, 7) is 1.13. The molecule has 18 heavy (non-hydrogen) atoms. The van der Waals surface area contributed by atoms with Gasteiger partial charge in [0, 0.05) is 18.7 Å². The van der Waals surface area contributed by atoms with E-state index in [0.29, 0.717) is 18.7 Å². The molecule has 0 radical (unpaired) electrons. The molecule has 1 aliphatic heterocycles. The first kappa shape index (κ1) is 13.0. The zero-order valence-corrected chi connectivity index (χ0v) is 10.6. The second-order valence-electron chi connectivity index (χ2n) is 4.11. The predicted molar refractivity (Wildman–Crippen MR) is 66.1 cm³/mol. The summed E-state index contributed by atoms with van der Waals surface area (Å²) in [5, 5.41) is 0. The number of amides is 1. The van der Waals surface area contributed by atoms with E-state index in [1.807, 2.05) is 5.43 Å². The van der Waals surface area contributed by atoms with E-state index in [1.54, 1.807) is 0 Å². The van der Waals surface area contributed by atoms with Crippen LogP contribution in [0.2, 0.25) is 0 Å². The van der Waals surface area contributed by atoms with Crippen LogP contribution in [0.25, 0.3) is 0 Å². The molecule has 1 saturated heterocycles. The van der Waals surface area contributed by atoms with Crippen molar-refractivity contribution in [2.45, 2.75) is 17.7 Å². The van der Waals surface area contributed by atoms with Gasteiger partial charge in [0.2, 0.25) is 10.0 Å². The molecule has 0 unspecified atom stereocenters. The van der Waals surface area contributed by atoms with Crippen molar-refractivity contribution in [1.29, 1.82) is 0 Å². The summed E-state index contributed by atoms with van der Waals surface area (Å²) in [4.78, 5) is 11.4. The highest BCUT2D eigenvalue weighted by Gasteiger charge is 2.26. The lowest BCUT2D eigenvalue weighted by Gasteiger charge is -2.15. The van der Waals surface area contributed by atoms with E-state index in [1.165, 1.54) is 28.6 Å². The predicted octanol–water partition coefficient (Wildman–Crippen LogP) is 0.0746. The van der Waals surface area contributed by atoms with Crippen molar-refractivity contribution >= 4 is 15.9 Å². The fourth-order valence-corrected chi connectivity index (χ4v) is 3.46. The Hall–Kier alpha value is -1.44. The van der Waals surface area contributed by atoms with Crippen molar-refractivity contribution in [3.63, 3.8) is 0 Å². The molecule has 1 amide bonds. The molecule has 0 spiro atoms. The number of carbonyl (C=O) groups is 1. The first-order valence-corrected chi connectivity index (χ1v) is 7.11. The lowest BCUT2D eigenvalue weighted by Crippen LogP contribution is -2.30. The molecule has 1 fully saturated rings. The SMILES string of the molecule is NNC(=O)c1ccc(S(=O)(=O)N2CCCC2)cc1. The average Bonchev–Trinajstić information content (AvgIpc) is 2.92. The summed E-state index contributed by atoms with van der Waals surface area (Å²) in [6, 6.07) is 5.76. The number of benzene rings is 1. The van der Waals surface area contributed by atoms with Crippen LogP contribution in [0, 0.1) is 0 Å². The lowest BCUT2D eigenvalue weighted by molar-refractivity contribution is 0.0953. The van der Waals surface area contributed by atoms with Crippen LogP contribution in [0.15, 0.2) is 29.2 Å². The molecule has 1 aromatic rings. The zero-order valence-electron chi connectivity index (χ0n) is 9.80.